The Hall–Kier alpha value is -0.946. The van der Waals surface area contributed by atoms with Crippen LogP contribution in [-0.4, -0.2) is 11.8 Å². The fraction of sp³-hybridized carbons (Fsp3) is 0.300. The summed E-state index contributed by atoms with van der Waals surface area (Å²) in [5, 5.41) is 7.82. The summed E-state index contributed by atoms with van der Waals surface area (Å²) < 4.78 is 0. The van der Waals surface area contributed by atoms with Crippen LogP contribution in [0.5, 0.6) is 0 Å². The number of carbonyl (C=O) groups excluding carboxylic acids is 2. The summed E-state index contributed by atoms with van der Waals surface area (Å²) in [5.41, 5.74) is 1.49. The Balaban J connectivity index is -0.000000384. The van der Waals surface area contributed by atoms with Crippen LogP contribution in [0.25, 0.3) is 10.6 Å². The van der Waals surface area contributed by atoms with Crippen molar-refractivity contribution in [3.8, 4) is 0 Å². The Morgan fingerprint density at radius 2 is 0.963 bits per heavy atom. The van der Waals surface area contributed by atoms with Crippen molar-refractivity contribution in [2.24, 2.45) is 0 Å². The third-order valence-electron chi connectivity index (χ3n) is 2.95. The number of rotatable bonds is 6. The van der Waals surface area contributed by atoms with Crippen molar-refractivity contribution in [3.05, 3.63) is 71.3 Å². The van der Waals surface area contributed by atoms with Gasteiger partial charge in [-0.2, -0.15) is 0 Å². The SMILES string of the molecule is CCCC(=O)[N-]c1ccccc1.CCCC(=O)[N-]c1ccccc1.[Br-].[Br-].[Ti+4]. The first-order valence-electron chi connectivity index (χ1n) is 8.25. The molecule has 144 valence electrons. The molecule has 4 nitrogen and oxygen atoms in total. The van der Waals surface area contributed by atoms with Crippen molar-refractivity contribution >= 4 is 23.2 Å². The molecule has 7 heteroatoms. The number of hydrogen-bond acceptors (Lipinski definition) is 2. The molecule has 0 bridgehead atoms. The number of para-hydroxylation sites is 2. The molecule has 0 aromatic heterocycles. The topological polar surface area (TPSA) is 62.3 Å². The van der Waals surface area contributed by atoms with Crippen LogP contribution in [0.3, 0.4) is 0 Å². The molecule has 2 rings (SSSR count). The van der Waals surface area contributed by atoms with Gasteiger partial charge in [0.25, 0.3) is 0 Å². The molecular formula is C20H24Br2N2O2Ti. The van der Waals surface area contributed by atoms with Gasteiger partial charge in [0.2, 0.25) is 0 Å². The van der Waals surface area contributed by atoms with Crippen LogP contribution in [0.4, 0.5) is 11.4 Å². The van der Waals surface area contributed by atoms with E-state index >= 15 is 0 Å². The third-order valence-corrected chi connectivity index (χ3v) is 2.95. The maximum atomic E-state index is 11.0. The summed E-state index contributed by atoms with van der Waals surface area (Å²) >= 11 is 0. The second kappa shape index (κ2) is 19.8. The van der Waals surface area contributed by atoms with E-state index in [1.165, 1.54) is 0 Å². The van der Waals surface area contributed by atoms with Crippen molar-refractivity contribution < 1.29 is 65.3 Å². The van der Waals surface area contributed by atoms with E-state index in [1.807, 2.05) is 74.5 Å². The van der Waals surface area contributed by atoms with Crippen molar-refractivity contribution in [2.45, 2.75) is 39.5 Å². The van der Waals surface area contributed by atoms with Gasteiger partial charge < -0.3 is 54.2 Å². The normalized spacial score (nSPS) is 8.37. The monoisotopic (exact) mass is 530 g/mol. The predicted octanol–water partition coefficient (Wildman–Crippen LogP) is 0.0425. The van der Waals surface area contributed by atoms with Crippen molar-refractivity contribution in [2.75, 3.05) is 0 Å². The zero-order valence-corrected chi connectivity index (χ0v) is 20.3. The summed E-state index contributed by atoms with van der Waals surface area (Å²) in [6.45, 7) is 3.94. The molecule has 0 radical (unpaired) electrons. The van der Waals surface area contributed by atoms with E-state index in [0.717, 1.165) is 24.2 Å². The molecule has 0 unspecified atom stereocenters. The predicted molar refractivity (Wildman–Crippen MR) is 98.8 cm³/mol. The van der Waals surface area contributed by atoms with Crippen LogP contribution in [0, 0.1) is 0 Å². The number of halogens is 2. The minimum Gasteiger partial charge on any atom is -1.00 e. The first kappa shape index (κ1) is 30.8. The Morgan fingerprint density at radius 1 is 0.667 bits per heavy atom. The maximum Gasteiger partial charge on any atom is 4.00 e. The van der Waals surface area contributed by atoms with Gasteiger partial charge in [-0.3, -0.25) is 0 Å². The first-order valence-corrected chi connectivity index (χ1v) is 8.25. The number of hydrogen-bond donors (Lipinski definition) is 0. The van der Waals surface area contributed by atoms with Gasteiger partial charge in [-0.15, -0.1) is 11.4 Å². The second-order valence-corrected chi connectivity index (χ2v) is 5.18. The van der Waals surface area contributed by atoms with Crippen LogP contribution in [0.15, 0.2) is 60.7 Å². The van der Waals surface area contributed by atoms with Gasteiger partial charge in [0.15, 0.2) is 0 Å². The molecule has 0 atom stereocenters. The Labute approximate surface area is 198 Å². The van der Waals surface area contributed by atoms with E-state index in [4.69, 9.17) is 0 Å². The van der Waals surface area contributed by atoms with Crippen LogP contribution >= 0.6 is 0 Å². The maximum absolute atomic E-state index is 11.0. The van der Waals surface area contributed by atoms with Gasteiger partial charge in [0, 0.05) is 0 Å². The molecule has 0 fully saturated rings. The van der Waals surface area contributed by atoms with Gasteiger partial charge in [-0.25, -0.2) is 0 Å². The van der Waals surface area contributed by atoms with Crippen molar-refractivity contribution in [3.63, 3.8) is 0 Å². The van der Waals surface area contributed by atoms with E-state index in [1.54, 1.807) is 0 Å². The molecule has 0 saturated carbocycles. The van der Waals surface area contributed by atoms with E-state index in [0.29, 0.717) is 12.8 Å². The second-order valence-electron chi connectivity index (χ2n) is 5.18. The molecule has 0 aliphatic heterocycles. The van der Waals surface area contributed by atoms with Gasteiger partial charge in [-0.05, 0) is 12.8 Å². The Bertz CT molecular complexity index is 558. The largest absolute Gasteiger partial charge is 4.00 e. The quantitative estimate of drug-likeness (QED) is 0.494. The van der Waals surface area contributed by atoms with Gasteiger partial charge in [0.1, 0.15) is 0 Å². The van der Waals surface area contributed by atoms with Crippen LogP contribution in [0.1, 0.15) is 39.5 Å². The van der Waals surface area contributed by atoms with Crippen LogP contribution < -0.4 is 34.0 Å². The first-order chi connectivity index (χ1) is 11.7. The fourth-order valence-corrected chi connectivity index (χ4v) is 1.83. The van der Waals surface area contributed by atoms with Gasteiger partial charge in [0.05, 0.1) is 11.8 Å². The zero-order valence-electron chi connectivity index (χ0n) is 15.6. The van der Waals surface area contributed by atoms with Crippen molar-refractivity contribution in [1.29, 1.82) is 0 Å². The molecule has 0 saturated heterocycles. The minimum absolute atomic E-state index is 0. The molecule has 0 spiro atoms. The average Bonchev–Trinajstić information content (AvgIpc) is 2.58. The molecule has 0 heterocycles. The molecule has 0 aliphatic rings. The van der Waals surface area contributed by atoms with E-state index in [9.17, 15) is 9.59 Å². The van der Waals surface area contributed by atoms with Crippen LogP contribution in [0.2, 0.25) is 0 Å². The van der Waals surface area contributed by atoms with E-state index < -0.39 is 0 Å². The summed E-state index contributed by atoms with van der Waals surface area (Å²) in [4.78, 5) is 22.1. The molecule has 27 heavy (non-hydrogen) atoms. The molecule has 0 N–H and O–H groups in total. The van der Waals surface area contributed by atoms with Gasteiger partial charge >= 0.3 is 21.7 Å². The summed E-state index contributed by atoms with van der Waals surface area (Å²) in [5.74, 6) is -0.0765. The molecular weight excluding hydrogens is 508 g/mol. The van der Waals surface area contributed by atoms with Crippen molar-refractivity contribution in [1.82, 2.24) is 0 Å². The Kier molecular flexibility index (Phi) is 22.6. The summed E-state index contributed by atoms with van der Waals surface area (Å²) in [7, 11) is 0. The molecule has 2 amide bonds. The molecule has 2 aromatic rings. The summed E-state index contributed by atoms with van der Waals surface area (Å²) in [6.07, 6.45) is 2.79. The molecule has 2 aromatic carbocycles. The number of carbonyl (C=O) groups is 2. The third kappa shape index (κ3) is 15.8. The smallest absolute Gasteiger partial charge is 1.00 e. The zero-order chi connectivity index (χ0) is 17.6. The van der Waals surface area contributed by atoms with Crippen LogP contribution in [-0.2, 0) is 31.3 Å². The van der Waals surface area contributed by atoms with E-state index in [2.05, 4.69) is 10.6 Å². The minimum atomic E-state index is -0.0382. The fourth-order valence-electron chi connectivity index (χ4n) is 1.83. The van der Waals surface area contributed by atoms with E-state index in [-0.39, 0.29) is 67.5 Å². The Morgan fingerprint density at radius 3 is 1.22 bits per heavy atom. The summed E-state index contributed by atoms with van der Waals surface area (Å²) in [6, 6.07) is 18.6. The number of nitrogens with zero attached hydrogens (tertiary/aromatic N) is 2. The standard InChI is InChI=1S/2C10H13NO.2BrH.Ti/c2*1-2-6-10(12)11-9-7-4-3-5-8-9;;;/h2*3-5,7-8H,2,6H2,1H3,(H,11,12);2*1H;/q;;;;+4/p-4. The number of amides is 2. The van der Waals surface area contributed by atoms with Gasteiger partial charge in [-0.1, -0.05) is 87.4 Å². The molecule has 0 aliphatic carbocycles. The number of benzene rings is 2. The average molecular weight is 532 g/mol.